The first-order chi connectivity index (χ1) is 13.1. The van der Waals surface area contributed by atoms with E-state index >= 15 is 0 Å². The van der Waals surface area contributed by atoms with Crippen molar-refractivity contribution in [2.75, 3.05) is 12.4 Å². The molecule has 0 aliphatic rings. The number of aromatic hydroxyl groups is 1. The number of ether oxygens (including phenoxy) is 1. The van der Waals surface area contributed by atoms with E-state index in [1.807, 2.05) is 6.07 Å². The molecule has 0 saturated carbocycles. The van der Waals surface area contributed by atoms with Crippen molar-refractivity contribution in [3.8, 4) is 22.8 Å². The molecular formula is C21H22FN3O2. The molecule has 5 nitrogen and oxygen atoms in total. The van der Waals surface area contributed by atoms with Crippen LogP contribution in [-0.4, -0.2) is 22.2 Å². The van der Waals surface area contributed by atoms with Gasteiger partial charge < -0.3 is 15.2 Å². The molecule has 140 valence electrons. The second kappa shape index (κ2) is 8.49. The van der Waals surface area contributed by atoms with Crippen molar-refractivity contribution in [1.82, 2.24) is 9.97 Å². The number of nitrogens with zero attached hydrogens (tertiary/aromatic N) is 2. The zero-order valence-corrected chi connectivity index (χ0v) is 15.3. The smallest absolute Gasteiger partial charge is 0.161 e. The highest BCUT2D eigenvalue weighted by molar-refractivity contribution is 5.64. The Morgan fingerprint density at radius 2 is 2.04 bits per heavy atom. The van der Waals surface area contributed by atoms with Gasteiger partial charge in [0.2, 0.25) is 0 Å². The van der Waals surface area contributed by atoms with E-state index in [1.54, 1.807) is 36.7 Å². The minimum Gasteiger partial charge on any atom is -0.504 e. The highest BCUT2D eigenvalue weighted by Crippen LogP contribution is 2.31. The Kier molecular flexibility index (Phi) is 5.86. The third-order valence-electron chi connectivity index (χ3n) is 4.26. The van der Waals surface area contributed by atoms with Gasteiger partial charge in [-0.25, -0.2) is 9.37 Å². The zero-order valence-electron chi connectivity index (χ0n) is 15.3. The maximum Gasteiger partial charge on any atom is 0.161 e. The molecule has 0 amide bonds. The van der Waals surface area contributed by atoms with Gasteiger partial charge in [-0.2, -0.15) is 0 Å². The summed E-state index contributed by atoms with van der Waals surface area (Å²) in [4.78, 5) is 8.87. The zero-order chi connectivity index (χ0) is 19.2. The molecule has 0 radical (unpaired) electrons. The van der Waals surface area contributed by atoms with Crippen LogP contribution in [0.1, 0.15) is 31.4 Å². The summed E-state index contributed by atoms with van der Waals surface area (Å²) < 4.78 is 18.8. The SMILES string of the molecule is CCC[C@@H](Nc1cncc(-c2ccc(O)c(OC)c2)n1)c1cccc(F)c1. The molecule has 1 aromatic heterocycles. The molecule has 0 aliphatic heterocycles. The van der Waals surface area contributed by atoms with Gasteiger partial charge >= 0.3 is 0 Å². The van der Waals surface area contributed by atoms with Crippen LogP contribution in [0.3, 0.4) is 0 Å². The average molecular weight is 367 g/mol. The van der Waals surface area contributed by atoms with Crippen LogP contribution in [0.2, 0.25) is 0 Å². The topological polar surface area (TPSA) is 67.3 Å². The molecule has 0 fully saturated rings. The fourth-order valence-corrected chi connectivity index (χ4v) is 2.92. The van der Waals surface area contributed by atoms with E-state index in [9.17, 15) is 9.50 Å². The van der Waals surface area contributed by atoms with Gasteiger partial charge in [-0.05, 0) is 42.3 Å². The number of hydrogen-bond acceptors (Lipinski definition) is 5. The number of aromatic nitrogens is 2. The van der Waals surface area contributed by atoms with E-state index in [-0.39, 0.29) is 17.6 Å². The lowest BCUT2D eigenvalue weighted by atomic mass is 10.0. The fourth-order valence-electron chi connectivity index (χ4n) is 2.92. The van der Waals surface area contributed by atoms with E-state index in [4.69, 9.17) is 4.74 Å². The van der Waals surface area contributed by atoms with Gasteiger partial charge in [0.25, 0.3) is 0 Å². The van der Waals surface area contributed by atoms with E-state index in [2.05, 4.69) is 22.2 Å². The molecule has 1 heterocycles. The van der Waals surface area contributed by atoms with Gasteiger partial charge in [0.1, 0.15) is 11.6 Å². The molecule has 3 rings (SSSR count). The van der Waals surface area contributed by atoms with Gasteiger partial charge in [-0.15, -0.1) is 0 Å². The highest BCUT2D eigenvalue weighted by Gasteiger charge is 2.13. The van der Waals surface area contributed by atoms with E-state index in [0.717, 1.165) is 24.0 Å². The molecule has 1 atom stereocenters. The van der Waals surface area contributed by atoms with Crippen LogP contribution in [0, 0.1) is 5.82 Å². The first-order valence-corrected chi connectivity index (χ1v) is 8.82. The lowest BCUT2D eigenvalue weighted by Gasteiger charge is -2.19. The van der Waals surface area contributed by atoms with E-state index in [0.29, 0.717) is 17.3 Å². The summed E-state index contributed by atoms with van der Waals surface area (Å²) in [6, 6.07) is 11.5. The molecule has 27 heavy (non-hydrogen) atoms. The number of methoxy groups -OCH3 is 1. The number of nitrogens with one attached hydrogen (secondary N) is 1. The van der Waals surface area contributed by atoms with Crippen LogP contribution in [0.5, 0.6) is 11.5 Å². The third-order valence-corrected chi connectivity index (χ3v) is 4.26. The second-order valence-corrected chi connectivity index (χ2v) is 6.22. The number of hydrogen-bond donors (Lipinski definition) is 2. The van der Waals surface area contributed by atoms with Crippen molar-refractivity contribution in [1.29, 1.82) is 0 Å². The molecule has 3 aromatic rings. The average Bonchev–Trinajstić information content (AvgIpc) is 2.68. The molecular weight excluding hydrogens is 345 g/mol. The van der Waals surface area contributed by atoms with Crippen LogP contribution < -0.4 is 10.1 Å². The fraction of sp³-hybridized carbons (Fsp3) is 0.238. The normalized spacial score (nSPS) is 11.8. The lowest BCUT2D eigenvalue weighted by Crippen LogP contribution is -2.12. The van der Waals surface area contributed by atoms with Crippen molar-refractivity contribution in [2.45, 2.75) is 25.8 Å². The molecule has 6 heteroatoms. The number of anilines is 1. The maximum absolute atomic E-state index is 13.6. The molecule has 2 N–H and O–H groups in total. The quantitative estimate of drug-likeness (QED) is 0.618. The third kappa shape index (κ3) is 4.53. The van der Waals surface area contributed by atoms with E-state index < -0.39 is 0 Å². The van der Waals surface area contributed by atoms with Gasteiger partial charge in [-0.3, -0.25) is 4.98 Å². The van der Waals surface area contributed by atoms with Crippen molar-refractivity contribution >= 4 is 5.82 Å². The van der Waals surface area contributed by atoms with Gasteiger partial charge in [0.05, 0.1) is 31.2 Å². The number of rotatable bonds is 7. The summed E-state index contributed by atoms with van der Waals surface area (Å²) in [5, 5.41) is 13.1. The van der Waals surface area contributed by atoms with Crippen LogP contribution in [0.4, 0.5) is 10.2 Å². The van der Waals surface area contributed by atoms with Crippen molar-refractivity contribution in [3.63, 3.8) is 0 Å². The van der Waals surface area contributed by atoms with Gasteiger partial charge in [0.15, 0.2) is 11.5 Å². The molecule has 0 unspecified atom stereocenters. The summed E-state index contributed by atoms with van der Waals surface area (Å²) in [7, 11) is 1.50. The summed E-state index contributed by atoms with van der Waals surface area (Å²) >= 11 is 0. The van der Waals surface area contributed by atoms with Crippen molar-refractivity contribution in [2.24, 2.45) is 0 Å². The Labute approximate surface area is 157 Å². The summed E-state index contributed by atoms with van der Waals surface area (Å²) in [6.45, 7) is 2.08. The Bertz CT molecular complexity index is 917. The number of phenolic OH excluding ortho intramolecular Hbond substituents is 1. The Morgan fingerprint density at radius 1 is 1.19 bits per heavy atom. The monoisotopic (exact) mass is 367 g/mol. The molecule has 0 saturated heterocycles. The minimum absolute atomic E-state index is 0.0652. The highest BCUT2D eigenvalue weighted by atomic mass is 19.1. The van der Waals surface area contributed by atoms with Crippen LogP contribution in [0.25, 0.3) is 11.3 Å². The maximum atomic E-state index is 13.6. The largest absolute Gasteiger partial charge is 0.504 e. The minimum atomic E-state index is -0.258. The second-order valence-electron chi connectivity index (χ2n) is 6.22. The summed E-state index contributed by atoms with van der Waals surface area (Å²) in [6.07, 6.45) is 5.07. The molecule has 0 bridgehead atoms. The predicted octanol–water partition coefficient (Wildman–Crippen LogP) is 4.95. The van der Waals surface area contributed by atoms with Crippen LogP contribution in [-0.2, 0) is 0 Å². The Hall–Kier alpha value is -3.15. The molecule has 2 aromatic carbocycles. The van der Waals surface area contributed by atoms with Gasteiger partial charge in [0, 0.05) is 5.56 Å². The number of benzene rings is 2. The van der Waals surface area contributed by atoms with E-state index in [1.165, 1.54) is 19.2 Å². The van der Waals surface area contributed by atoms with Crippen LogP contribution in [0.15, 0.2) is 54.9 Å². The first-order valence-electron chi connectivity index (χ1n) is 8.82. The number of halogens is 1. The Morgan fingerprint density at radius 3 is 2.78 bits per heavy atom. The summed E-state index contributed by atoms with van der Waals surface area (Å²) in [5.74, 6) is 0.780. The van der Waals surface area contributed by atoms with Crippen LogP contribution >= 0.6 is 0 Å². The molecule has 0 spiro atoms. The standard InChI is InChI=1S/C21H22FN3O2/c1-3-5-17(14-6-4-7-16(22)10-14)24-21-13-23-12-18(25-21)15-8-9-19(26)20(11-15)27-2/h4,6-13,17,26H,3,5H2,1-2H3,(H,24,25)/t17-/m1/s1. The Balaban J connectivity index is 1.88. The van der Waals surface area contributed by atoms with Crippen molar-refractivity contribution in [3.05, 3.63) is 66.2 Å². The van der Waals surface area contributed by atoms with Crippen molar-refractivity contribution < 1.29 is 14.2 Å². The summed E-state index contributed by atoms with van der Waals surface area (Å²) in [5.41, 5.74) is 2.29. The predicted molar refractivity (Wildman–Crippen MR) is 103 cm³/mol. The lowest BCUT2D eigenvalue weighted by molar-refractivity contribution is 0.373. The van der Waals surface area contributed by atoms with Gasteiger partial charge in [-0.1, -0.05) is 25.5 Å². The number of phenols is 1. The first kappa shape index (κ1) is 18.6. The molecule has 0 aliphatic carbocycles.